The van der Waals surface area contributed by atoms with Gasteiger partial charge in [-0.15, -0.1) is 0 Å². The molecule has 0 radical (unpaired) electrons. The molecule has 6 heteroatoms. The number of hydrogen-bond acceptors (Lipinski definition) is 4. The second-order valence-corrected chi connectivity index (χ2v) is 7.02. The molecule has 2 aromatic carbocycles. The van der Waals surface area contributed by atoms with Gasteiger partial charge in [-0.3, -0.25) is 0 Å². The van der Waals surface area contributed by atoms with Crippen LogP contribution < -0.4 is 5.32 Å². The standard InChI is InChI=1S/C21H23NO5/c1-12(2)19(23)18(20(24)25)22-21(26)27-11-17-15-9-5-3-7-13(15)14-8-4-6-10-16(14)17/h3-10,12,17-19,23H,11H2,1-2H3,(H,22,26)(H,24,25)/t18-,19-/m0/s1. The SMILES string of the molecule is CC(C)[C@H](O)[C@H](NC(=O)OCC1c2ccccc2-c2ccccc21)C(=O)O. The average Bonchev–Trinajstić information content (AvgIpc) is 2.97. The maximum absolute atomic E-state index is 12.2. The van der Waals surface area contributed by atoms with Crippen LogP contribution in [0.4, 0.5) is 4.79 Å². The highest BCUT2D eigenvalue weighted by Gasteiger charge is 2.32. The molecule has 0 bridgehead atoms. The second kappa shape index (κ2) is 7.80. The number of hydrogen-bond donors (Lipinski definition) is 3. The summed E-state index contributed by atoms with van der Waals surface area (Å²) in [7, 11) is 0. The molecule has 0 aliphatic heterocycles. The summed E-state index contributed by atoms with van der Waals surface area (Å²) in [5, 5.41) is 21.5. The van der Waals surface area contributed by atoms with Gasteiger partial charge in [-0.1, -0.05) is 62.4 Å². The third-order valence-corrected chi connectivity index (χ3v) is 4.91. The summed E-state index contributed by atoms with van der Waals surface area (Å²) in [6.07, 6.45) is -2.06. The molecule has 27 heavy (non-hydrogen) atoms. The number of aliphatic carboxylic acids is 1. The van der Waals surface area contributed by atoms with E-state index in [1.807, 2.05) is 48.5 Å². The summed E-state index contributed by atoms with van der Waals surface area (Å²) < 4.78 is 5.33. The molecule has 0 saturated heterocycles. The molecule has 0 spiro atoms. The molecule has 0 saturated carbocycles. The van der Waals surface area contributed by atoms with Crippen LogP contribution in [0.1, 0.15) is 30.9 Å². The fourth-order valence-corrected chi connectivity index (χ4v) is 3.45. The predicted octanol–water partition coefficient (Wildman–Crippen LogP) is 3.00. The largest absolute Gasteiger partial charge is 0.480 e. The molecule has 3 rings (SSSR count). The molecule has 1 aliphatic carbocycles. The second-order valence-electron chi connectivity index (χ2n) is 7.02. The Morgan fingerprint density at radius 1 is 1.04 bits per heavy atom. The molecule has 6 nitrogen and oxygen atoms in total. The van der Waals surface area contributed by atoms with E-state index in [2.05, 4.69) is 5.32 Å². The number of nitrogens with one attached hydrogen (secondary N) is 1. The molecule has 2 aromatic rings. The minimum atomic E-state index is -1.42. The fourth-order valence-electron chi connectivity index (χ4n) is 3.45. The number of carboxylic acids is 1. The van der Waals surface area contributed by atoms with Crippen LogP contribution in [-0.2, 0) is 9.53 Å². The molecule has 1 aliphatic rings. The zero-order valence-electron chi connectivity index (χ0n) is 15.3. The van der Waals surface area contributed by atoms with Gasteiger partial charge in [0, 0.05) is 5.92 Å². The number of alkyl carbamates (subject to hydrolysis) is 1. The van der Waals surface area contributed by atoms with Gasteiger partial charge in [0.05, 0.1) is 6.10 Å². The molecule has 0 heterocycles. The van der Waals surface area contributed by atoms with E-state index in [-0.39, 0.29) is 18.4 Å². The number of aliphatic hydroxyl groups is 1. The van der Waals surface area contributed by atoms with Gasteiger partial charge in [0.25, 0.3) is 0 Å². The minimum absolute atomic E-state index is 0.0873. The Kier molecular flexibility index (Phi) is 5.46. The average molecular weight is 369 g/mol. The number of fused-ring (bicyclic) bond motifs is 3. The van der Waals surface area contributed by atoms with Crippen LogP contribution >= 0.6 is 0 Å². The highest BCUT2D eigenvalue weighted by Crippen LogP contribution is 2.44. The van der Waals surface area contributed by atoms with Gasteiger partial charge in [-0.25, -0.2) is 9.59 Å². The third-order valence-electron chi connectivity index (χ3n) is 4.91. The number of carbonyl (C=O) groups excluding carboxylic acids is 1. The summed E-state index contributed by atoms with van der Waals surface area (Å²) in [4.78, 5) is 23.5. The Balaban J connectivity index is 1.71. The molecule has 2 atom stereocenters. The first-order chi connectivity index (χ1) is 12.9. The molecule has 0 unspecified atom stereocenters. The van der Waals surface area contributed by atoms with Crippen molar-refractivity contribution in [2.45, 2.75) is 31.9 Å². The highest BCUT2D eigenvalue weighted by molar-refractivity contribution is 5.81. The molecular formula is C21H23NO5. The number of ether oxygens (including phenoxy) is 1. The number of amides is 1. The number of aliphatic hydroxyl groups excluding tert-OH is 1. The van der Waals surface area contributed by atoms with E-state index in [0.717, 1.165) is 22.3 Å². The van der Waals surface area contributed by atoms with Gasteiger partial charge >= 0.3 is 12.1 Å². The third kappa shape index (κ3) is 3.80. The van der Waals surface area contributed by atoms with Crippen molar-refractivity contribution in [3.8, 4) is 11.1 Å². The van der Waals surface area contributed by atoms with Crippen molar-refractivity contribution in [2.24, 2.45) is 5.92 Å². The van der Waals surface area contributed by atoms with Crippen LogP contribution in [0.25, 0.3) is 11.1 Å². The first kappa shape index (κ1) is 18.9. The maximum atomic E-state index is 12.2. The number of carboxylic acid groups (broad SMARTS) is 1. The molecule has 1 amide bonds. The lowest BCUT2D eigenvalue weighted by Crippen LogP contribution is -2.50. The lowest BCUT2D eigenvalue weighted by Gasteiger charge is -2.23. The van der Waals surface area contributed by atoms with E-state index < -0.39 is 24.2 Å². The van der Waals surface area contributed by atoms with Crippen LogP contribution in [-0.4, -0.2) is 41.0 Å². The summed E-state index contributed by atoms with van der Waals surface area (Å²) >= 11 is 0. The smallest absolute Gasteiger partial charge is 0.407 e. The summed E-state index contributed by atoms with van der Waals surface area (Å²) in [5.41, 5.74) is 4.37. The van der Waals surface area contributed by atoms with Crippen molar-refractivity contribution in [1.82, 2.24) is 5.32 Å². The van der Waals surface area contributed by atoms with Gasteiger partial charge < -0.3 is 20.3 Å². The molecule has 0 fully saturated rings. The van der Waals surface area contributed by atoms with E-state index in [1.165, 1.54) is 0 Å². The lowest BCUT2D eigenvalue weighted by molar-refractivity contribution is -0.143. The van der Waals surface area contributed by atoms with Gasteiger partial charge in [-0.05, 0) is 28.2 Å². The van der Waals surface area contributed by atoms with Gasteiger partial charge in [0.15, 0.2) is 6.04 Å². The van der Waals surface area contributed by atoms with Crippen molar-refractivity contribution in [2.75, 3.05) is 6.61 Å². The van der Waals surface area contributed by atoms with Gasteiger partial charge in [0.2, 0.25) is 0 Å². The number of benzene rings is 2. The summed E-state index contributed by atoms with van der Waals surface area (Å²) in [6, 6.07) is 14.5. The van der Waals surface area contributed by atoms with Crippen LogP contribution in [0.2, 0.25) is 0 Å². The molecule has 142 valence electrons. The Bertz CT molecular complexity index is 802. The Morgan fingerprint density at radius 2 is 1.56 bits per heavy atom. The Labute approximate surface area is 157 Å². The minimum Gasteiger partial charge on any atom is -0.480 e. The van der Waals surface area contributed by atoms with Crippen LogP contribution in [0.15, 0.2) is 48.5 Å². The van der Waals surface area contributed by atoms with E-state index in [1.54, 1.807) is 13.8 Å². The summed E-state index contributed by atoms with van der Waals surface area (Å²) in [5.74, 6) is -1.73. The molecule has 0 aromatic heterocycles. The van der Waals surface area contributed by atoms with Gasteiger partial charge in [0.1, 0.15) is 6.61 Å². The van der Waals surface area contributed by atoms with E-state index in [4.69, 9.17) is 4.74 Å². The first-order valence-electron chi connectivity index (χ1n) is 8.92. The number of carbonyl (C=O) groups is 2. The van der Waals surface area contributed by atoms with Crippen LogP contribution in [0.3, 0.4) is 0 Å². The predicted molar refractivity (Wildman–Crippen MR) is 100 cm³/mol. The van der Waals surface area contributed by atoms with Crippen LogP contribution in [0.5, 0.6) is 0 Å². The first-order valence-corrected chi connectivity index (χ1v) is 8.92. The highest BCUT2D eigenvalue weighted by atomic mass is 16.5. The van der Waals surface area contributed by atoms with Crippen molar-refractivity contribution in [3.05, 3.63) is 59.7 Å². The summed E-state index contributed by atoms with van der Waals surface area (Å²) in [6.45, 7) is 3.45. The fraction of sp³-hybridized carbons (Fsp3) is 0.333. The zero-order chi connectivity index (χ0) is 19.6. The van der Waals surface area contributed by atoms with E-state index >= 15 is 0 Å². The van der Waals surface area contributed by atoms with E-state index in [0.29, 0.717) is 0 Å². The zero-order valence-corrected chi connectivity index (χ0v) is 15.3. The number of rotatable bonds is 6. The molecular weight excluding hydrogens is 346 g/mol. The molecule has 3 N–H and O–H groups in total. The topological polar surface area (TPSA) is 95.9 Å². The Hall–Kier alpha value is -2.86. The van der Waals surface area contributed by atoms with Gasteiger partial charge in [-0.2, -0.15) is 0 Å². The van der Waals surface area contributed by atoms with Crippen LogP contribution in [0, 0.1) is 5.92 Å². The monoisotopic (exact) mass is 369 g/mol. The maximum Gasteiger partial charge on any atom is 0.407 e. The van der Waals surface area contributed by atoms with Crippen molar-refractivity contribution >= 4 is 12.1 Å². The van der Waals surface area contributed by atoms with Crippen molar-refractivity contribution < 1.29 is 24.5 Å². The van der Waals surface area contributed by atoms with E-state index in [9.17, 15) is 19.8 Å². The van der Waals surface area contributed by atoms with Crippen molar-refractivity contribution in [3.63, 3.8) is 0 Å². The lowest BCUT2D eigenvalue weighted by atomic mass is 9.98. The Morgan fingerprint density at radius 3 is 2.04 bits per heavy atom. The normalized spacial score (nSPS) is 15.0. The van der Waals surface area contributed by atoms with Crippen molar-refractivity contribution in [1.29, 1.82) is 0 Å². The quantitative estimate of drug-likeness (QED) is 0.727.